The molecule has 0 amide bonds. The fourth-order valence-corrected chi connectivity index (χ4v) is 2.97. The third-order valence-corrected chi connectivity index (χ3v) is 4.27. The first-order chi connectivity index (χ1) is 12.2. The van der Waals surface area contributed by atoms with Gasteiger partial charge in [-0.2, -0.15) is 0 Å². The maximum Gasteiger partial charge on any atom is 0.343 e. The first-order valence-electron chi connectivity index (χ1n) is 7.89. The molecule has 0 radical (unpaired) electrons. The predicted octanol–water partition coefficient (Wildman–Crippen LogP) is 3.27. The van der Waals surface area contributed by atoms with E-state index in [1.165, 1.54) is 7.11 Å². The van der Waals surface area contributed by atoms with Gasteiger partial charge in [0.15, 0.2) is 6.61 Å². The van der Waals surface area contributed by atoms with Gasteiger partial charge >= 0.3 is 5.97 Å². The SMILES string of the molecule is COC(=O)COc1ccc2c(c1)cc(-c1cc3cccnc3[nH]1)n2C. The van der Waals surface area contributed by atoms with Crippen molar-refractivity contribution in [1.29, 1.82) is 0 Å². The molecule has 0 atom stereocenters. The van der Waals surface area contributed by atoms with Crippen LogP contribution in [-0.4, -0.2) is 34.2 Å². The van der Waals surface area contributed by atoms with Gasteiger partial charge < -0.3 is 19.0 Å². The highest BCUT2D eigenvalue weighted by atomic mass is 16.6. The Morgan fingerprint density at radius 1 is 1.20 bits per heavy atom. The Balaban J connectivity index is 1.72. The molecule has 0 fully saturated rings. The second kappa shape index (κ2) is 5.98. The molecule has 6 heteroatoms. The lowest BCUT2D eigenvalue weighted by molar-refractivity contribution is -0.142. The van der Waals surface area contributed by atoms with Gasteiger partial charge in [0.1, 0.15) is 11.4 Å². The second-order valence-electron chi connectivity index (χ2n) is 5.80. The molecule has 6 nitrogen and oxygen atoms in total. The van der Waals surface area contributed by atoms with Crippen LogP contribution in [0.4, 0.5) is 0 Å². The molecule has 0 saturated heterocycles. The van der Waals surface area contributed by atoms with Gasteiger partial charge in [-0.25, -0.2) is 9.78 Å². The van der Waals surface area contributed by atoms with Gasteiger partial charge in [0.25, 0.3) is 0 Å². The Labute approximate surface area is 144 Å². The van der Waals surface area contributed by atoms with E-state index >= 15 is 0 Å². The molecule has 3 heterocycles. The number of benzene rings is 1. The van der Waals surface area contributed by atoms with Crippen molar-refractivity contribution in [2.45, 2.75) is 0 Å². The lowest BCUT2D eigenvalue weighted by Crippen LogP contribution is -2.12. The summed E-state index contributed by atoms with van der Waals surface area (Å²) in [6, 6.07) is 13.9. The van der Waals surface area contributed by atoms with E-state index in [1.807, 2.05) is 37.4 Å². The Kier molecular flexibility index (Phi) is 3.65. The summed E-state index contributed by atoms with van der Waals surface area (Å²) >= 11 is 0. The summed E-state index contributed by atoms with van der Waals surface area (Å²) in [6.07, 6.45) is 1.77. The van der Waals surface area contributed by atoms with E-state index in [4.69, 9.17) is 4.74 Å². The maximum absolute atomic E-state index is 11.2. The van der Waals surface area contributed by atoms with Gasteiger partial charge in [0.05, 0.1) is 18.5 Å². The van der Waals surface area contributed by atoms with E-state index < -0.39 is 5.97 Å². The standard InChI is InChI=1S/C19H17N3O3/c1-22-16-6-5-14(25-11-18(23)24-2)8-13(16)10-17(22)15-9-12-4-3-7-20-19(12)21-15/h3-10H,11H2,1-2H3,(H,20,21). The zero-order valence-electron chi connectivity index (χ0n) is 13.9. The summed E-state index contributed by atoms with van der Waals surface area (Å²) in [5, 5.41) is 2.11. The topological polar surface area (TPSA) is 69.1 Å². The number of H-pyrrole nitrogens is 1. The molecule has 3 aromatic heterocycles. The van der Waals surface area contributed by atoms with Crippen LogP contribution in [0.2, 0.25) is 0 Å². The number of pyridine rings is 1. The number of hydrogen-bond acceptors (Lipinski definition) is 4. The number of methoxy groups -OCH3 is 1. The average molecular weight is 335 g/mol. The van der Waals surface area contributed by atoms with Crippen molar-refractivity contribution in [3.05, 3.63) is 48.7 Å². The van der Waals surface area contributed by atoms with Crippen LogP contribution in [0.15, 0.2) is 48.7 Å². The van der Waals surface area contributed by atoms with E-state index in [1.54, 1.807) is 6.20 Å². The van der Waals surface area contributed by atoms with Gasteiger partial charge in [0, 0.05) is 29.5 Å². The first kappa shape index (κ1) is 15.3. The molecule has 1 aromatic carbocycles. The number of nitrogens with one attached hydrogen (secondary N) is 1. The van der Waals surface area contributed by atoms with Crippen molar-refractivity contribution < 1.29 is 14.3 Å². The van der Waals surface area contributed by atoms with Gasteiger partial charge in [0.2, 0.25) is 0 Å². The minimum Gasteiger partial charge on any atom is -0.482 e. The Morgan fingerprint density at radius 3 is 2.88 bits per heavy atom. The van der Waals surface area contributed by atoms with E-state index in [9.17, 15) is 4.79 Å². The van der Waals surface area contributed by atoms with Gasteiger partial charge in [-0.05, 0) is 42.5 Å². The van der Waals surface area contributed by atoms with Crippen molar-refractivity contribution in [3.8, 4) is 17.1 Å². The number of hydrogen-bond donors (Lipinski definition) is 1. The molecule has 0 spiro atoms. The monoisotopic (exact) mass is 335 g/mol. The Hall–Kier alpha value is -3.28. The van der Waals surface area contributed by atoms with Gasteiger partial charge in [-0.3, -0.25) is 0 Å². The van der Waals surface area contributed by atoms with Crippen molar-refractivity contribution in [2.75, 3.05) is 13.7 Å². The molecule has 4 rings (SSSR count). The molecule has 4 aromatic rings. The molecule has 126 valence electrons. The van der Waals surface area contributed by atoms with Gasteiger partial charge in [-0.15, -0.1) is 0 Å². The number of carbonyl (C=O) groups is 1. The number of ether oxygens (including phenoxy) is 2. The van der Waals surface area contributed by atoms with Gasteiger partial charge in [-0.1, -0.05) is 0 Å². The van der Waals surface area contributed by atoms with Crippen LogP contribution in [0.5, 0.6) is 5.75 Å². The lowest BCUT2D eigenvalue weighted by atomic mass is 10.2. The van der Waals surface area contributed by atoms with E-state index in [-0.39, 0.29) is 6.61 Å². The molecule has 0 bridgehead atoms. The molecule has 25 heavy (non-hydrogen) atoms. The fourth-order valence-electron chi connectivity index (χ4n) is 2.97. The van der Waals surface area contributed by atoms with Crippen LogP contribution in [0.25, 0.3) is 33.3 Å². The molecule has 0 aliphatic heterocycles. The number of fused-ring (bicyclic) bond motifs is 2. The smallest absolute Gasteiger partial charge is 0.343 e. The molecule has 0 saturated carbocycles. The van der Waals surface area contributed by atoms with Crippen LogP contribution in [0.3, 0.4) is 0 Å². The van der Waals surface area contributed by atoms with Crippen molar-refractivity contribution in [3.63, 3.8) is 0 Å². The Bertz CT molecular complexity index is 1050. The largest absolute Gasteiger partial charge is 0.482 e. The zero-order valence-corrected chi connectivity index (χ0v) is 13.9. The number of rotatable bonds is 4. The lowest BCUT2D eigenvalue weighted by Gasteiger charge is -2.05. The summed E-state index contributed by atoms with van der Waals surface area (Å²) in [5.74, 6) is 0.229. The molecule has 0 aliphatic rings. The molecule has 1 N–H and O–H groups in total. The summed E-state index contributed by atoms with van der Waals surface area (Å²) in [4.78, 5) is 18.9. The quantitative estimate of drug-likeness (QED) is 0.581. The van der Waals surface area contributed by atoms with Crippen LogP contribution in [0, 0.1) is 0 Å². The van der Waals surface area contributed by atoms with Crippen LogP contribution >= 0.6 is 0 Å². The number of esters is 1. The Morgan fingerprint density at radius 2 is 2.08 bits per heavy atom. The predicted molar refractivity (Wildman–Crippen MR) is 95.5 cm³/mol. The highest BCUT2D eigenvalue weighted by molar-refractivity contribution is 5.90. The molecular weight excluding hydrogens is 318 g/mol. The second-order valence-corrected chi connectivity index (χ2v) is 5.80. The summed E-state index contributed by atoms with van der Waals surface area (Å²) in [6.45, 7) is -0.102. The maximum atomic E-state index is 11.2. The van der Waals surface area contributed by atoms with Crippen molar-refractivity contribution in [1.82, 2.24) is 14.5 Å². The normalized spacial score (nSPS) is 11.1. The summed E-state index contributed by atoms with van der Waals surface area (Å²) < 4.78 is 12.2. The number of aromatic nitrogens is 3. The minimum absolute atomic E-state index is 0.102. The van der Waals surface area contributed by atoms with Crippen molar-refractivity contribution >= 4 is 27.9 Å². The van der Waals surface area contributed by atoms with E-state index in [0.29, 0.717) is 5.75 Å². The average Bonchev–Trinajstić information content (AvgIpc) is 3.20. The van der Waals surface area contributed by atoms with Crippen molar-refractivity contribution in [2.24, 2.45) is 7.05 Å². The van der Waals surface area contributed by atoms with E-state index in [0.717, 1.165) is 33.3 Å². The summed E-state index contributed by atoms with van der Waals surface area (Å²) in [5.41, 5.74) is 4.00. The highest BCUT2D eigenvalue weighted by Gasteiger charge is 2.12. The highest BCUT2D eigenvalue weighted by Crippen LogP contribution is 2.30. The third-order valence-electron chi connectivity index (χ3n) is 4.27. The summed E-state index contributed by atoms with van der Waals surface area (Å²) in [7, 11) is 3.36. The number of aromatic amines is 1. The molecule has 0 unspecified atom stereocenters. The van der Waals surface area contributed by atoms with E-state index in [2.05, 4.69) is 31.4 Å². The van der Waals surface area contributed by atoms with Crippen LogP contribution in [0.1, 0.15) is 0 Å². The zero-order chi connectivity index (χ0) is 17.4. The molecular formula is C19H17N3O3. The fraction of sp³-hybridized carbons (Fsp3) is 0.158. The van der Waals surface area contributed by atoms with Crippen LogP contribution < -0.4 is 4.74 Å². The number of aryl methyl sites for hydroxylation is 1. The number of carbonyl (C=O) groups excluding carboxylic acids is 1. The third kappa shape index (κ3) is 2.71. The van der Waals surface area contributed by atoms with Crippen LogP contribution in [-0.2, 0) is 16.6 Å². The minimum atomic E-state index is -0.403. The molecule has 0 aliphatic carbocycles. The number of nitrogens with zero attached hydrogens (tertiary/aromatic N) is 2. The first-order valence-corrected chi connectivity index (χ1v) is 7.89.